The second-order valence-corrected chi connectivity index (χ2v) is 6.82. The standard InChI is InChI=1S/C18H23F3N2O4/c19-18(20,21)10-16(24)22-13(11-23-5-1-2-6-23)17(25)12-3-4-14-15(9-12)27-8-7-26-14/h3-4,9,13,17,25H,1-2,5-8,10-11H2,(H,22,24)/t13-,17-/m1/s1. The highest BCUT2D eigenvalue weighted by atomic mass is 19.4. The molecule has 2 N–H and O–H groups in total. The number of ether oxygens (including phenoxy) is 2. The van der Waals surface area contributed by atoms with Gasteiger partial charge in [-0.25, -0.2) is 0 Å². The summed E-state index contributed by atoms with van der Waals surface area (Å²) in [5.74, 6) is -0.128. The van der Waals surface area contributed by atoms with Crippen molar-refractivity contribution in [1.29, 1.82) is 0 Å². The average molecular weight is 388 g/mol. The minimum atomic E-state index is -4.59. The van der Waals surface area contributed by atoms with E-state index in [1.54, 1.807) is 18.2 Å². The van der Waals surface area contributed by atoms with Gasteiger partial charge in [-0.2, -0.15) is 13.2 Å². The maximum absolute atomic E-state index is 12.5. The largest absolute Gasteiger partial charge is 0.486 e. The van der Waals surface area contributed by atoms with Crippen LogP contribution in [0.4, 0.5) is 13.2 Å². The molecule has 150 valence electrons. The second kappa shape index (κ2) is 8.35. The van der Waals surface area contributed by atoms with E-state index >= 15 is 0 Å². The Morgan fingerprint density at radius 3 is 2.52 bits per heavy atom. The minimum Gasteiger partial charge on any atom is -0.486 e. The number of aliphatic hydroxyl groups excluding tert-OH is 1. The molecule has 9 heteroatoms. The van der Waals surface area contributed by atoms with Crippen molar-refractivity contribution in [2.24, 2.45) is 0 Å². The van der Waals surface area contributed by atoms with E-state index in [4.69, 9.17) is 9.47 Å². The molecule has 2 heterocycles. The predicted octanol–water partition coefficient (Wildman–Crippen LogP) is 2.02. The van der Waals surface area contributed by atoms with Gasteiger partial charge in [-0.15, -0.1) is 0 Å². The van der Waals surface area contributed by atoms with Gasteiger partial charge in [0.25, 0.3) is 0 Å². The Balaban J connectivity index is 1.74. The van der Waals surface area contributed by atoms with Gasteiger partial charge in [-0.1, -0.05) is 6.07 Å². The third-order valence-electron chi connectivity index (χ3n) is 4.65. The first-order valence-corrected chi connectivity index (χ1v) is 8.98. The van der Waals surface area contributed by atoms with Crippen LogP contribution in [-0.4, -0.2) is 61.0 Å². The van der Waals surface area contributed by atoms with E-state index < -0.39 is 30.7 Å². The molecule has 0 saturated carbocycles. The number of rotatable bonds is 6. The summed E-state index contributed by atoms with van der Waals surface area (Å²) in [5.41, 5.74) is 0.454. The first-order chi connectivity index (χ1) is 12.8. The number of hydrogen-bond acceptors (Lipinski definition) is 5. The summed E-state index contributed by atoms with van der Waals surface area (Å²) in [5, 5.41) is 13.1. The monoisotopic (exact) mass is 388 g/mol. The molecular formula is C18H23F3N2O4. The molecule has 1 aromatic rings. The Labute approximate surface area is 155 Å². The van der Waals surface area contributed by atoms with Gasteiger partial charge >= 0.3 is 6.18 Å². The number of alkyl halides is 3. The van der Waals surface area contributed by atoms with E-state index in [9.17, 15) is 23.1 Å². The Morgan fingerprint density at radius 1 is 1.19 bits per heavy atom. The first-order valence-electron chi connectivity index (χ1n) is 8.98. The molecule has 0 spiro atoms. The van der Waals surface area contributed by atoms with Gasteiger partial charge in [0.05, 0.1) is 6.04 Å². The predicted molar refractivity (Wildman–Crippen MR) is 90.7 cm³/mol. The lowest BCUT2D eigenvalue weighted by Crippen LogP contribution is -2.47. The van der Waals surface area contributed by atoms with E-state index in [2.05, 4.69) is 5.32 Å². The molecule has 0 aromatic heterocycles. The molecule has 0 aliphatic carbocycles. The number of likely N-dealkylation sites (tertiary alicyclic amines) is 1. The molecule has 2 aliphatic heterocycles. The minimum absolute atomic E-state index is 0.277. The van der Waals surface area contributed by atoms with Crippen molar-refractivity contribution in [2.75, 3.05) is 32.8 Å². The summed E-state index contributed by atoms with van der Waals surface area (Å²) < 4.78 is 48.5. The van der Waals surface area contributed by atoms with Gasteiger partial charge in [0.15, 0.2) is 11.5 Å². The van der Waals surface area contributed by atoms with Crippen molar-refractivity contribution in [3.8, 4) is 11.5 Å². The van der Waals surface area contributed by atoms with Crippen LogP contribution in [0.2, 0.25) is 0 Å². The number of amides is 1. The average Bonchev–Trinajstić information content (AvgIpc) is 3.11. The van der Waals surface area contributed by atoms with Gasteiger partial charge in [-0.3, -0.25) is 4.79 Å². The molecule has 2 atom stereocenters. The van der Waals surface area contributed by atoms with Gasteiger partial charge in [0.2, 0.25) is 5.91 Å². The number of carbonyl (C=O) groups is 1. The zero-order chi connectivity index (χ0) is 19.4. The lowest BCUT2D eigenvalue weighted by Gasteiger charge is -2.29. The van der Waals surface area contributed by atoms with Crippen LogP contribution in [0.1, 0.15) is 30.9 Å². The summed E-state index contributed by atoms with van der Waals surface area (Å²) in [4.78, 5) is 13.8. The Morgan fingerprint density at radius 2 is 1.85 bits per heavy atom. The van der Waals surface area contributed by atoms with Gasteiger partial charge < -0.3 is 24.8 Å². The fourth-order valence-corrected chi connectivity index (χ4v) is 3.38. The fraction of sp³-hybridized carbons (Fsp3) is 0.611. The van der Waals surface area contributed by atoms with Crippen LogP contribution in [-0.2, 0) is 4.79 Å². The molecule has 0 unspecified atom stereocenters. The summed E-state index contributed by atoms with van der Waals surface area (Å²) in [6.07, 6.45) is -5.35. The SMILES string of the molecule is O=C(CC(F)(F)F)N[C@H](CN1CCCC1)[C@H](O)c1ccc2c(c1)OCCO2. The van der Waals surface area contributed by atoms with Crippen molar-refractivity contribution < 1.29 is 32.5 Å². The van der Waals surface area contributed by atoms with E-state index in [0.29, 0.717) is 30.3 Å². The van der Waals surface area contributed by atoms with Crippen molar-refractivity contribution in [3.63, 3.8) is 0 Å². The van der Waals surface area contributed by atoms with Crippen LogP contribution in [0.15, 0.2) is 18.2 Å². The molecular weight excluding hydrogens is 365 g/mol. The van der Waals surface area contributed by atoms with Gasteiger partial charge in [0.1, 0.15) is 25.7 Å². The molecule has 1 fully saturated rings. The topological polar surface area (TPSA) is 71.0 Å². The zero-order valence-corrected chi connectivity index (χ0v) is 14.8. The number of nitrogens with zero attached hydrogens (tertiary/aromatic N) is 1. The van der Waals surface area contributed by atoms with Crippen molar-refractivity contribution in [3.05, 3.63) is 23.8 Å². The van der Waals surface area contributed by atoms with Crippen LogP contribution in [0.25, 0.3) is 0 Å². The van der Waals surface area contributed by atoms with Crippen molar-refractivity contribution >= 4 is 5.91 Å². The number of nitrogens with one attached hydrogen (secondary N) is 1. The highest BCUT2D eigenvalue weighted by Crippen LogP contribution is 2.33. The third-order valence-corrected chi connectivity index (χ3v) is 4.65. The van der Waals surface area contributed by atoms with Crippen LogP contribution in [0.5, 0.6) is 11.5 Å². The number of carbonyl (C=O) groups excluding carboxylic acids is 1. The normalized spacial score (nSPS) is 19.6. The van der Waals surface area contributed by atoms with Gasteiger partial charge in [-0.05, 0) is 43.6 Å². The Kier molecular flexibility index (Phi) is 6.11. The Bertz CT molecular complexity index is 662. The first kappa shape index (κ1) is 19.8. The number of halogens is 3. The van der Waals surface area contributed by atoms with E-state index in [1.165, 1.54) is 0 Å². The molecule has 1 saturated heterocycles. The molecule has 1 amide bonds. The quantitative estimate of drug-likeness (QED) is 0.780. The number of hydrogen-bond donors (Lipinski definition) is 2. The second-order valence-electron chi connectivity index (χ2n) is 6.82. The molecule has 0 bridgehead atoms. The lowest BCUT2D eigenvalue weighted by atomic mass is 10.0. The summed E-state index contributed by atoms with van der Waals surface area (Å²) in [6, 6.07) is 4.02. The van der Waals surface area contributed by atoms with E-state index in [1.807, 2.05) is 4.90 Å². The molecule has 6 nitrogen and oxygen atoms in total. The number of benzene rings is 1. The van der Waals surface area contributed by atoms with Crippen molar-refractivity contribution in [2.45, 2.75) is 37.6 Å². The van der Waals surface area contributed by atoms with Crippen LogP contribution in [0.3, 0.4) is 0 Å². The van der Waals surface area contributed by atoms with E-state index in [-0.39, 0.29) is 6.54 Å². The number of aliphatic hydroxyl groups is 1. The van der Waals surface area contributed by atoms with E-state index in [0.717, 1.165) is 25.9 Å². The molecule has 0 radical (unpaired) electrons. The summed E-state index contributed by atoms with van der Waals surface area (Å²) in [6.45, 7) is 2.67. The highest BCUT2D eigenvalue weighted by Gasteiger charge is 2.34. The molecule has 3 rings (SSSR count). The molecule has 27 heavy (non-hydrogen) atoms. The highest BCUT2D eigenvalue weighted by molar-refractivity contribution is 5.77. The van der Waals surface area contributed by atoms with Crippen molar-refractivity contribution in [1.82, 2.24) is 10.2 Å². The molecule has 2 aliphatic rings. The zero-order valence-electron chi connectivity index (χ0n) is 14.8. The van der Waals surface area contributed by atoms with Crippen LogP contribution >= 0.6 is 0 Å². The summed E-state index contributed by atoms with van der Waals surface area (Å²) in [7, 11) is 0. The molecule has 1 aromatic carbocycles. The maximum Gasteiger partial charge on any atom is 0.397 e. The van der Waals surface area contributed by atoms with Crippen LogP contribution < -0.4 is 14.8 Å². The smallest absolute Gasteiger partial charge is 0.397 e. The number of fused-ring (bicyclic) bond motifs is 1. The lowest BCUT2D eigenvalue weighted by molar-refractivity contribution is -0.154. The van der Waals surface area contributed by atoms with Crippen LogP contribution in [0, 0.1) is 0 Å². The third kappa shape index (κ3) is 5.49. The van der Waals surface area contributed by atoms with Gasteiger partial charge in [0, 0.05) is 6.54 Å². The fourth-order valence-electron chi connectivity index (χ4n) is 3.38. The maximum atomic E-state index is 12.5. The summed E-state index contributed by atoms with van der Waals surface area (Å²) >= 11 is 0. The Hall–Kier alpha value is -2.00.